The van der Waals surface area contributed by atoms with E-state index < -0.39 is 39.2 Å². The first-order valence-electron chi connectivity index (χ1n) is 5.19. The highest BCUT2D eigenvalue weighted by molar-refractivity contribution is 7.89. The first-order valence-corrected chi connectivity index (χ1v) is 6.67. The molecule has 0 saturated heterocycles. The molecule has 1 atom stereocenters. The highest BCUT2D eigenvalue weighted by atomic mass is 32.2. The van der Waals surface area contributed by atoms with Crippen molar-refractivity contribution >= 4 is 15.7 Å². The molecule has 0 aromatic heterocycles. The van der Waals surface area contributed by atoms with E-state index in [2.05, 4.69) is 0 Å². The fourth-order valence-electron chi connectivity index (χ4n) is 1.36. The maximum Gasteiger partial charge on any atom is 0.246 e. The molecule has 1 rings (SSSR count). The molecule has 0 bridgehead atoms. The second kappa shape index (κ2) is 5.59. The number of halogens is 2. The van der Waals surface area contributed by atoms with E-state index in [1.54, 1.807) is 6.92 Å². The third kappa shape index (κ3) is 3.15. The lowest BCUT2D eigenvalue weighted by molar-refractivity contribution is 0.253. The monoisotopic (exact) mass is 280 g/mol. The maximum atomic E-state index is 13.5. The van der Waals surface area contributed by atoms with E-state index in [-0.39, 0.29) is 12.1 Å². The summed E-state index contributed by atoms with van der Waals surface area (Å²) >= 11 is 0. The van der Waals surface area contributed by atoms with Crippen molar-refractivity contribution in [2.45, 2.75) is 24.3 Å². The topological polar surface area (TPSA) is 92.4 Å². The van der Waals surface area contributed by atoms with Crippen molar-refractivity contribution in [3.63, 3.8) is 0 Å². The molecule has 5 nitrogen and oxygen atoms in total. The van der Waals surface area contributed by atoms with Crippen LogP contribution in [0.1, 0.15) is 13.3 Å². The lowest BCUT2D eigenvalue weighted by Gasteiger charge is -2.15. The number of sulfonamides is 1. The first-order chi connectivity index (χ1) is 8.31. The summed E-state index contributed by atoms with van der Waals surface area (Å²) < 4.78 is 52.5. The van der Waals surface area contributed by atoms with Crippen LogP contribution in [-0.2, 0) is 10.0 Å². The van der Waals surface area contributed by atoms with Crippen LogP contribution in [0.5, 0.6) is 0 Å². The Balaban J connectivity index is 3.21. The van der Waals surface area contributed by atoms with Crippen molar-refractivity contribution in [1.29, 1.82) is 0 Å². The Kier molecular flexibility index (Phi) is 4.60. The second-order valence-corrected chi connectivity index (χ2v) is 5.37. The van der Waals surface area contributed by atoms with Crippen LogP contribution in [0.2, 0.25) is 0 Å². The fourth-order valence-corrected chi connectivity index (χ4v) is 2.79. The van der Waals surface area contributed by atoms with Crippen LogP contribution in [0.15, 0.2) is 17.0 Å². The molecule has 0 saturated carbocycles. The number of nitrogens with one attached hydrogen (secondary N) is 1. The maximum absolute atomic E-state index is 13.5. The van der Waals surface area contributed by atoms with Gasteiger partial charge in [-0.3, -0.25) is 0 Å². The van der Waals surface area contributed by atoms with Crippen molar-refractivity contribution < 1.29 is 22.3 Å². The minimum Gasteiger partial charge on any atom is -0.399 e. The molecule has 0 aliphatic carbocycles. The van der Waals surface area contributed by atoms with Gasteiger partial charge in [0.15, 0.2) is 4.90 Å². The van der Waals surface area contributed by atoms with Gasteiger partial charge in [0, 0.05) is 11.7 Å². The van der Waals surface area contributed by atoms with Crippen LogP contribution >= 0.6 is 0 Å². The Labute approximate surface area is 104 Å². The summed E-state index contributed by atoms with van der Waals surface area (Å²) in [4.78, 5) is -1.09. The lowest BCUT2D eigenvalue weighted by Crippen LogP contribution is -2.37. The van der Waals surface area contributed by atoms with Crippen LogP contribution in [0, 0.1) is 11.6 Å². The van der Waals surface area contributed by atoms with Crippen LogP contribution in [0.25, 0.3) is 0 Å². The molecule has 4 N–H and O–H groups in total. The third-order valence-corrected chi connectivity index (χ3v) is 3.90. The second-order valence-electron chi connectivity index (χ2n) is 3.72. The summed E-state index contributed by atoms with van der Waals surface area (Å²) in [6, 6.07) is 0.640. The molecule has 102 valence electrons. The zero-order valence-electron chi connectivity index (χ0n) is 9.65. The van der Waals surface area contributed by atoms with E-state index in [1.165, 1.54) is 0 Å². The van der Waals surface area contributed by atoms with Gasteiger partial charge in [0.05, 0.1) is 6.61 Å². The van der Waals surface area contributed by atoms with E-state index in [4.69, 9.17) is 10.8 Å². The van der Waals surface area contributed by atoms with Crippen molar-refractivity contribution in [2.24, 2.45) is 0 Å². The van der Waals surface area contributed by atoms with Gasteiger partial charge in [0.2, 0.25) is 10.0 Å². The molecule has 1 aromatic rings. The minimum atomic E-state index is -4.38. The van der Waals surface area contributed by atoms with Crippen molar-refractivity contribution in [3.05, 3.63) is 23.8 Å². The predicted molar refractivity (Wildman–Crippen MR) is 62.3 cm³/mol. The number of aliphatic hydroxyl groups excluding tert-OH is 1. The molecule has 8 heteroatoms. The summed E-state index contributed by atoms with van der Waals surface area (Å²) in [6.07, 6.45) is 0.286. The van der Waals surface area contributed by atoms with Crippen LogP contribution in [-0.4, -0.2) is 26.2 Å². The molecule has 1 aromatic carbocycles. The SMILES string of the molecule is CC[C@H](CO)NS(=O)(=O)c1c(F)cc(N)cc1F. The lowest BCUT2D eigenvalue weighted by atomic mass is 10.3. The summed E-state index contributed by atoms with van der Waals surface area (Å²) in [6.45, 7) is 1.16. The number of nitrogens with two attached hydrogens (primary N) is 1. The number of hydrogen-bond donors (Lipinski definition) is 3. The Morgan fingerprint density at radius 3 is 2.28 bits per heavy atom. The molecular weight excluding hydrogens is 266 g/mol. The fraction of sp³-hybridized carbons (Fsp3) is 0.400. The average molecular weight is 280 g/mol. The number of aliphatic hydroxyl groups is 1. The van der Waals surface area contributed by atoms with E-state index in [0.717, 1.165) is 12.1 Å². The van der Waals surface area contributed by atoms with Gasteiger partial charge in [-0.05, 0) is 18.6 Å². The van der Waals surface area contributed by atoms with Gasteiger partial charge in [-0.25, -0.2) is 21.9 Å². The average Bonchev–Trinajstić information content (AvgIpc) is 2.23. The van der Waals surface area contributed by atoms with Crippen LogP contribution in [0.4, 0.5) is 14.5 Å². The van der Waals surface area contributed by atoms with Crippen LogP contribution < -0.4 is 10.5 Å². The highest BCUT2D eigenvalue weighted by Gasteiger charge is 2.26. The normalized spacial score (nSPS) is 13.6. The van der Waals surface area contributed by atoms with E-state index in [1.807, 2.05) is 4.72 Å². The molecule has 0 spiro atoms. The van der Waals surface area contributed by atoms with Crippen molar-refractivity contribution in [2.75, 3.05) is 12.3 Å². The molecular formula is C10H14F2N2O3S. The summed E-state index contributed by atoms with van der Waals surface area (Å²) in [7, 11) is -4.38. The quantitative estimate of drug-likeness (QED) is 0.688. The number of benzene rings is 1. The van der Waals surface area contributed by atoms with Gasteiger partial charge in [-0.1, -0.05) is 6.92 Å². The number of anilines is 1. The summed E-state index contributed by atoms with van der Waals surface area (Å²) in [5, 5.41) is 8.88. The van der Waals surface area contributed by atoms with Crippen molar-refractivity contribution in [3.8, 4) is 0 Å². The summed E-state index contributed by atoms with van der Waals surface area (Å²) in [5.74, 6) is -2.54. The Hall–Kier alpha value is -1.25. The van der Waals surface area contributed by atoms with E-state index >= 15 is 0 Å². The van der Waals surface area contributed by atoms with Gasteiger partial charge in [-0.15, -0.1) is 0 Å². The molecule has 0 fully saturated rings. The standard InChI is InChI=1S/C10H14F2N2O3S/c1-2-7(5-15)14-18(16,17)10-8(11)3-6(13)4-9(10)12/h3-4,7,14-15H,2,5,13H2,1H3/t7-/m1/s1. The summed E-state index contributed by atoms with van der Waals surface area (Å²) in [5.41, 5.74) is 4.98. The van der Waals surface area contributed by atoms with Gasteiger partial charge >= 0.3 is 0 Å². The molecule has 0 unspecified atom stereocenters. The molecule has 0 radical (unpaired) electrons. The molecule has 0 heterocycles. The predicted octanol–water partition coefficient (Wildman–Crippen LogP) is 0.596. The van der Waals surface area contributed by atoms with E-state index in [9.17, 15) is 17.2 Å². The zero-order chi connectivity index (χ0) is 13.9. The van der Waals surface area contributed by atoms with Gasteiger partial charge < -0.3 is 10.8 Å². The Bertz CT molecular complexity index is 507. The number of rotatable bonds is 5. The molecule has 18 heavy (non-hydrogen) atoms. The largest absolute Gasteiger partial charge is 0.399 e. The van der Waals surface area contributed by atoms with Gasteiger partial charge in [0.25, 0.3) is 0 Å². The molecule has 0 amide bonds. The third-order valence-electron chi connectivity index (χ3n) is 2.32. The Morgan fingerprint density at radius 1 is 1.39 bits per heavy atom. The minimum absolute atomic E-state index is 0.210. The number of hydrogen-bond acceptors (Lipinski definition) is 4. The molecule has 0 aliphatic rings. The molecule has 0 aliphatic heterocycles. The zero-order valence-corrected chi connectivity index (χ0v) is 10.5. The van der Waals surface area contributed by atoms with Gasteiger partial charge in [-0.2, -0.15) is 0 Å². The van der Waals surface area contributed by atoms with Gasteiger partial charge in [0.1, 0.15) is 11.6 Å². The van der Waals surface area contributed by atoms with Crippen molar-refractivity contribution in [1.82, 2.24) is 4.72 Å². The highest BCUT2D eigenvalue weighted by Crippen LogP contribution is 2.21. The smallest absolute Gasteiger partial charge is 0.246 e. The van der Waals surface area contributed by atoms with Crippen LogP contribution in [0.3, 0.4) is 0 Å². The first kappa shape index (κ1) is 14.8. The van der Waals surface area contributed by atoms with E-state index in [0.29, 0.717) is 0 Å². The Morgan fingerprint density at radius 2 is 1.89 bits per heavy atom. The number of nitrogen functional groups attached to an aromatic ring is 1.